The normalized spacial score (nSPS) is 9.40. The molecule has 0 radical (unpaired) electrons. The van der Waals surface area contributed by atoms with E-state index in [0.29, 0.717) is 12.1 Å². The lowest BCUT2D eigenvalue weighted by atomic mass is 10.1. The van der Waals surface area contributed by atoms with Gasteiger partial charge >= 0.3 is 0 Å². The number of nitrogens with one attached hydrogen (secondary N) is 1. The number of Topliss-reactive ketones (excluding diaryl/α,β-unsaturated/α-hetero) is 1. The largest absolute Gasteiger partial charge is 0.323 e. The second-order valence-corrected chi connectivity index (χ2v) is 3.27. The smallest absolute Gasteiger partial charge is 0.247 e. The zero-order chi connectivity index (χ0) is 11.3. The van der Waals surface area contributed by atoms with Gasteiger partial charge in [0.2, 0.25) is 5.91 Å². The Kier molecular flexibility index (Phi) is 3.80. The van der Waals surface area contributed by atoms with Crippen LogP contribution in [0.25, 0.3) is 0 Å². The predicted molar refractivity (Wildman–Crippen MR) is 59.7 cm³/mol. The molecule has 1 rings (SSSR count). The molecule has 0 unspecified atom stereocenters. The van der Waals surface area contributed by atoms with E-state index in [-0.39, 0.29) is 11.7 Å². The zero-order valence-corrected chi connectivity index (χ0v) is 8.62. The van der Waals surface area contributed by atoms with Gasteiger partial charge < -0.3 is 5.32 Å². The highest BCUT2D eigenvalue weighted by atomic mass is 16.1. The average Bonchev–Trinajstić information content (AvgIpc) is 2.17. The van der Waals surface area contributed by atoms with Gasteiger partial charge in [-0.3, -0.25) is 9.59 Å². The zero-order valence-electron chi connectivity index (χ0n) is 8.62. The van der Waals surface area contributed by atoms with Gasteiger partial charge in [-0.15, -0.1) is 0 Å². The van der Waals surface area contributed by atoms with E-state index in [1.165, 1.54) is 13.0 Å². The van der Waals surface area contributed by atoms with E-state index < -0.39 is 0 Å². The number of hydrogen-bond donors (Lipinski definition) is 1. The van der Waals surface area contributed by atoms with Crippen LogP contribution < -0.4 is 5.32 Å². The van der Waals surface area contributed by atoms with Gasteiger partial charge in [0.1, 0.15) is 5.78 Å². The Balaban J connectivity index is 2.78. The third-order valence-electron chi connectivity index (χ3n) is 1.83. The van der Waals surface area contributed by atoms with Crippen molar-refractivity contribution in [3.05, 3.63) is 42.5 Å². The maximum atomic E-state index is 11.0. The Morgan fingerprint density at radius 3 is 2.80 bits per heavy atom. The molecule has 0 aromatic heterocycles. The van der Waals surface area contributed by atoms with Crippen molar-refractivity contribution in [1.82, 2.24) is 0 Å². The maximum absolute atomic E-state index is 11.0. The molecule has 0 fully saturated rings. The van der Waals surface area contributed by atoms with E-state index in [1.807, 2.05) is 6.07 Å². The first-order valence-corrected chi connectivity index (χ1v) is 4.63. The molecule has 0 heterocycles. The van der Waals surface area contributed by atoms with Crippen molar-refractivity contribution in [3.63, 3.8) is 0 Å². The topological polar surface area (TPSA) is 46.2 Å². The number of carbonyl (C=O) groups is 2. The summed E-state index contributed by atoms with van der Waals surface area (Å²) in [6, 6.07) is 7.20. The van der Waals surface area contributed by atoms with Crippen molar-refractivity contribution in [2.45, 2.75) is 13.3 Å². The van der Waals surface area contributed by atoms with Crippen molar-refractivity contribution in [3.8, 4) is 0 Å². The fourth-order valence-corrected chi connectivity index (χ4v) is 1.24. The molecule has 78 valence electrons. The molecule has 0 aliphatic carbocycles. The van der Waals surface area contributed by atoms with Crippen LogP contribution in [-0.4, -0.2) is 11.7 Å². The van der Waals surface area contributed by atoms with E-state index in [2.05, 4.69) is 11.9 Å². The quantitative estimate of drug-likeness (QED) is 0.760. The molecule has 15 heavy (non-hydrogen) atoms. The van der Waals surface area contributed by atoms with Gasteiger partial charge in [0.15, 0.2) is 0 Å². The second-order valence-electron chi connectivity index (χ2n) is 3.27. The molecule has 0 spiro atoms. The first kappa shape index (κ1) is 11.2. The van der Waals surface area contributed by atoms with Crippen LogP contribution in [0.15, 0.2) is 36.9 Å². The minimum Gasteiger partial charge on any atom is -0.323 e. The Morgan fingerprint density at radius 2 is 2.20 bits per heavy atom. The second kappa shape index (κ2) is 5.10. The minimum absolute atomic E-state index is 0.0993. The maximum Gasteiger partial charge on any atom is 0.247 e. The van der Waals surface area contributed by atoms with E-state index in [9.17, 15) is 9.59 Å². The highest BCUT2D eigenvalue weighted by molar-refractivity contribution is 5.98. The summed E-state index contributed by atoms with van der Waals surface area (Å²) in [5, 5.41) is 2.64. The van der Waals surface area contributed by atoms with Crippen LogP contribution in [0, 0.1) is 0 Å². The van der Waals surface area contributed by atoms with Gasteiger partial charge in [0, 0.05) is 12.1 Å². The molecule has 3 heteroatoms. The number of amides is 1. The van der Waals surface area contributed by atoms with Crippen molar-refractivity contribution in [1.29, 1.82) is 0 Å². The monoisotopic (exact) mass is 203 g/mol. The van der Waals surface area contributed by atoms with Crippen LogP contribution in [0.4, 0.5) is 5.69 Å². The summed E-state index contributed by atoms with van der Waals surface area (Å²) in [7, 11) is 0. The fourth-order valence-electron chi connectivity index (χ4n) is 1.24. The first-order valence-electron chi connectivity index (χ1n) is 4.63. The molecule has 1 N–H and O–H groups in total. The molecule has 0 aliphatic heterocycles. The number of ketones is 1. The Hall–Kier alpha value is -1.90. The first-order chi connectivity index (χ1) is 7.11. The number of rotatable bonds is 4. The fraction of sp³-hybridized carbons (Fsp3) is 0.167. The minimum atomic E-state index is -0.255. The summed E-state index contributed by atoms with van der Waals surface area (Å²) in [6.45, 7) is 4.90. The van der Waals surface area contributed by atoms with E-state index in [0.717, 1.165) is 5.56 Å². The Bertz CT molecular complexity index is 396. The molecule has 1 aromatic rings. The van der Waals surface area contributed by atoms with Crippen LogP contribution in [0.2, 0.25) is 0 Å². The highest BCUT2D eigenvalue weighted by Crippen LogP contribution is 2.11. The number of carbonyl (C=O) groups excluding carboxylic acids is 2. The number of anilines is 1. The summed E-state index contributed by atoms with van der Waals surface area (Å²) in [5.41, 5.74) is 1.57. The van der Waals surface area contributed by atoms with E-state index in [1.54, 1.807) is 18.2 Å². The lowest BCUT2D eigenvalue weighted by Crippen LogP contribution is -2.07. The summed E-state index contributed by atoms with van der Waals surface area (Å²) in [6.07, 6.45) is 1.59. The molecule has 0 saturated heterocycles. The van der Waals surface area contributed by atoms with E-state index in [4.69, 9.17) is 0 Å². The Labute approximate surface area is 88.8 Å². The van der Waals surface area contributed by atoms with Crippen LogP contribution in [-0.2, 0) is 16.0 Å². The van der Waals surface area contributed by atoms with Crippen LogP contribution in [0.1, 0.15) is 12.5 Å². The lowest BCUT2D eigenvalue weighted by molar-refractivity contribution is -0.116. The number of benzene rings is 1. The lowest BCUT2D eigenvalue weighted by Gasteiger charge is -2.04. The third kappa shape index (κ3) is 3.77. The highest BCUT2D eigenvalue weighted by Gasteiger charge is 2.00. The SMILES string of the molecule is C=CC(=O)Nc1cccc(CC(C)=O)c1. The predicted octanol–water partition coefficient (Wildman–Crippen LogP) is 1.94. The summed E-state index contributed by atoms with van der Waals surface area (Å²) >= 11 is 0. The van der Waals surface area contributed by atoms with Crippen molar-refractivity contribution in [2.24, 2.45) is 0 Å². The summed E-state index contributed by atoms with van der Waals surface area (Å²) < 4.78 is 0. The number of hydrogen-bond acceptors (Lipinski definition) is 2. The molecule has 1 aromatic carbocycles. The van der Waals surface area contributed by atoms with Gasteiger partial charge in [0.25, 0.3) is 0 Å². The van der Waals surface area contributed by atoms with Crippen molar-refractivity contribution < 1.29 is 9.59 Å². The summed E-state index contributed by atoms with van der Waals surface area (Å²) in [4.78, 5) is 21.9. The molecule has 0 aliphatic rings. The standard InChI is InChI=1S/C12H13NO2/c1-3-12(15)13-11-6-4-5-10(8-11)7-9(2)14/h3-6,8H,1,7H2,2H3,(H,13,15). The molecule has 0 atom stereocenters. The van der Waals surface area contributed by atoms with Crippen LogP contribution in [0.3, 0.4) is 0 Å². The molecular weight excluding hydrogens is 190 g/mol. The Morgan fingerprint density at radius 1 is 1.47 bits per heavy atom. The molecule has 3 nitrogen and oxygen atoms in total. The van der Waals surface area contributed by atoms with Gasteiger partial charge in [0.05, 0.1) is 0 Å². The molecule has 0 bridgehead atoms. The molecular formula is C12H13NO2. The molecule has 0 saturated carbocycles. The van der Waals surface area contributed by atoms with Gasteiger partial charge in [-0.2, -0.15) is 0 Å². The van der Waals surface area contributed by atoms with Crippen molar-refractivity contribution in [2.75, 3.05) is 5.32 Å². The van der Waals surface area contributed by atoms with E-state index >= 15 is 0 Å². The summed E-state index contributed by atoms with van der Waals surface area (Å²) in [5.74, 6) is -0.155. The van der Waals surface area contributed by atoms with Crippen LogP contribution in [0.5, 0.6) is 0 Å². The average molecular weight is 203 g/mol. The van der Waals surface area contributed by atoms with Gasteiger partial charge in [-0.1, -0.05) is 18.7 Å². The van der Waals surface area contributed by atoms with Crippen molar-refractivity contribution >= 4 is 17.4 Å². The van der Waals surface area contributed by atoms with Gasteiger partial charge in [-0.05, 0) is 30.7 Å². The third-order valence-corrected chi connectivity index (χ3v) is 1.83. The van der Waals surface area contributed by atoms with Crippen LogP contribution >= 0.6 is 0 Å². The molecule has 1 amide bonds. The van der Waals surface area contributed by atoms with Gasteiger partial charge in [-0.25, -0.2) is 0 Å².